The maximum Gasteiger partial charge on any atom is 0.359 e. The Morgan fingerprint density at radius 2 is 1.36 bits per heavy atom. The largest absolute Gasteiger partial charge is 0.443 e. The number of rotatable bonds is 4. The molecule has 1 N–H and O–H groups in total. The molecule has 0 spiro atoms. The van der Waals surface area contributed by atoms with E-state index in [1.54, 1.807) is 12.2 Å². The van der Waals surface area contributed by atoms with E-state index in [0.29, 0.717) is 0 Å². The number of hydrogen-bond donors (Lipinski definition) is 1. The Bertz CT molecular complexity index is 810. The first kappa shape index (κ1) is 18.5. The van der Waals surface area contributed by atoms with Gasteiger partial charge in [0.1, 0.15) is 0 Å². The zero-order valence-electron chi connectivity index (χ0n) is 14.6. The average Bonchev–Trinajstić information content (AvgIpc) is 2.68. The van der Waals surface area contributed by atoms with Crippen molar-refractivity contribution in [3.63, 3.8) is 0 Å². The van der Waals surface area contributed by atoms with E-state index in [9.17, 15) is 5.02 Å². The molecular formula is C23H23BO. The standard InChI is InChI=1S/C16H15BO.C7H8/c1-3-13-9-8-12-16(15(13)4-2)17(18)14-10-6-5-7-11-14;1-7-5-3-2-4-6-7/h3-12,18H,1-2H2;2-6H,1H3. The van der Waals surface area contributed by atoms with Crippen molar-refractivity contribution in [3.8, 4) is 0 Å². The van der Waals surface area contributed by atoms with E-state index in [1.165, 1.54) is 5.56 Å². The first-order chi connectivity index (χ1) is 12.2. The predicted octanol–water partition coefficient (Wildman–Crippen LogP) is 4.07. The molecule has 3 aromatic carbocycles. The van der Waals surface area contributed by atoms with Gasteiger partial charge in [-0.3, -0.25) is 0 Å². The lowest BCUT2D eigenvalue weighted by Gasteiger charge is -2.12. The third-order valence-electron chi connectivity index (χ3n) is 3.95. The van der Waals surface area contributed by atoms with Crippen LogP contribution in [0.3, 0.4) is 0 Å². The van der Waals surface area contributed by atoms with Crippen molar-refractivity contribution in [2.75, 3.05) is 0 Å². The van der Waals surface area contributed by atoms with Crippen molar-refractivity contribution in [1.82, 2.24) is 0 Å². The van der Waals surface area contributed by atoms with Crippen LogP contribution in [-0.4, -0.2) is 11.9 Å². The Hall–Kier alpha value is -2.84. The molecular weight excluding hydrogens is 303 g/mol. The smallest absolute Gasteiger partial charge is 0.359 e. The summed E-state index contributed by atoms with van der Waals surface area (Å²) in [5.74, 6) is 0. The molecule has 0 amide bonds. The highest BCUT2D eigenvalue weighted by atomic mass is 16.2. The molecule has 2 heteroatoms. The first-order valence-corrected chi connectivity index (χ1v) is 8.29. The Labute approximate surface area is 151 Å². The van der Waals surface area contributed by atoms with E-state index in [4.69, 9.17) is 0 Å². The molecule has 0 aliphatic rings. The summed E-state index contributed by atoms with van der Waals surface area (Å²) in [7, 11) is 0. The maximum absolute atomic E-state index is 10.4. The summed E-state index contributed by atoms with van der Waals surface area (Å²) in [5, 5.41) is 10.4. The molecule has 1 nitrogen and oxygen atoms in total. The van der Waals surface area contributed by atoms with E-state index in [-0.39, 0.29) is 0 Å². The SMILES string of the molecule is C=Cc1cccc(B(O)c2ccccc2)c1C=C.Cc1ccccc1. The lowest BCUT2D eigenvalue weighted by Crippen LogP contribution is -2.43. The highest BCUT2D eigenvalue weighted by Crippen LogP contribution is 2.10. The Morgan fingerprint density at radius 1 is 0.760 bits per heavy atom. The van der Waals surface area contributed by atoms with Gasteiger partial charge in [-0.2, -0.15) is 0 Å². The topological polar surface area (TPSA) is 20.2 Å². The Kier molecular flexibility index (Phi) is 7.00. The molecule has 0 bridgehead atoms. The van der Waals surface area contributed by atoms with Crippen LogP contribution < -0.4 is 10.9 Å². The van der Waals surface area contributed by atoms with Crippen molar-refractivity contribution >= 4 is 30.0 Å². The molecule has 3 rings (SSSR count). The molecule has 0 fully saturated rings. The van der Waals surface area contributed by atoms with E-state index < -0.39 is 6.92 Å². The second-order valence-electron chi connectivity index (χ2n) is 5.73. The lowest BCUT2D eigenvalue weighted by atomic mass is 9.54. The normalized spacial score (nSPS) is 9.52. The van der Waals surface area contributed by atoms with Crippen LogP contribution in [-0.2, 0) is 0 Å². The van der Waals surface area contributed by atoms with Gasteiger partial charge in [-0.1, -0.05) is 110 Å². The van der Waals surface area contributed by atoms with Crippen molar-refractivity contribution in [3.05, 3.63) is 109 Å². The van der Waals surface area contributed by atoms with E-state index in [1.807, 2.05) is 66.7 Å². The minimum atomic E-state index is -0.640. The maximum atomic E-state index is 10.4. The monoisotopic (exact) mass is 326 g/mol. The molecule has 0 atom stereocenters. The van der Waals surface area contributed by atoms with Gasteiger partial charge in [0.25, 0.3) is 0 Å². The van der Waals surface area contributed by atoms with Crippen molar-refractivity contribution < 1.29 is 5.02 Å². The van der Waals surface area contributed by atoms with Crippen LogP contribution in [0.15, 0.2) is 92.0 Å². The highest BCUT2D eigenvalue weighted by Gasteiger charge is 2.19. The summed E-state index contributed by atoms with van der Waals surface area (Å²) in [4.78, 5) is 0. The molecule has 0 radical (unpaired) electrons. The van der Waals surface area contributed by atoms with Gasteiger partial charge in [-0.05, 0) is 29.0 Å². The van der Waals surface area contributed by atoms with Gasteiger partial charge >= 0.3 is 6.92 Å². The summed E-state index contributed by atoms with van der Waals surface area (Å²) >= 11 is 0. The highest BCUT2D eigenvalue weighted by molar-refractivity contribution is 6.79. The number of hydrogen-bond acceptors (Lipinski definition) is 1. The quantitative estimate of drug-likeness (QED) is 0.717. The minimum Gasteiger partial charge on any atom is -0.443 e. The third-order valence-corrected chi connectivity index (χ3v) is 3.95. The average molecular weight is 326 g/mol. The molecule has 3 aromatic rings. The fraction of sp³-hybridized carbons (Fsp3) is 0.0435. The summed E-state index contributed by atoms with van der Waals surface area (Å²) in [5.41, 5.74) is 4.97. The lowest BCUT2D eigenvalue weighted by molar-refractivity contribution is 0.600. The van der Waals surface area contributed by atoms with Crippen LogP contribution >= 0.6 is 0 Å². The van der Waals surface area contributed by atoms with Crippen LogP contribution in [0.25, 0.3) is 12.2 Å². The molecule has 124 valence electrons. The molecule has 0 heterocycles. The zero-order chi connectivity index (χ0) is 18.1. The predicted molar refractivity (Wildman–Crippen MR) is 111 cm³/mol. The molecule has 0 unspecified atom stereocenters. The van der Waals surface area contributed by atoms with Gasteiger partial charge in [0, 0.05) is 0 Å². The fourth-order valence-corrected chi connectivity index (χ4v) is 2.60. The fourth-order valence-electron chi connectivity index (χ4n) is 2.60. The van der Waals surface area contributed by atoms with E-state index >= 15 is 0 Å². The van der Waals surface area contributed by atoms with Gasteiger partial charge in [0.2, 0.25) is 0 Å². The minimum absolute atomic E-state index is 0.640. The Morgan fingerprint density at radius 3 is 1.84 bits per heavy atom. The van der Waals surface area contributed by atoms with Crippen LogP contribution in [0.2, 0.25) is 0 Å². The summed E-state index contributed by atoms with van der Waals surface area (Å²) in [6.45, 7) is 9.04. The molecule has 0 aliphatic carbocycles. The van der Waals surface area contributed by atoms with Gasteiger partial charge < -0.3 is 5.02 Å². The summed E-state index contributed by atoms with van der Waals surface area (Å²) in [6.07, 6.45) is 3.54. The van der Waals surface area contributed by atoms with Gasteiger partial charge in [0.05, 0.1) is 0 Å². The van der Waals surface area contributed by atoms with Crippen LogP contribution in [0, 0.1) is 6.92 Å². The van der Waals surface area contributed by atoms with E-state index in [2.05, 4.69) is 32.2 Å². The van der Waals surface area contributed by atoms with Crippen LogP contribution in [0.5, 0.6) is 0 Å². The van der Waals surface area contributed by atoms with Crippen molar-refractivity contribution in [2.24, 2.45) is 0 Å². The van der Waals surface area contributed by atoms with Gasteiger partial charge in [-0.25, -0.2) is 0 Å². The zero-order valence-corrected chi connectivity index (χ0v) is 14.6. The van der Waals surface area contributed by atoms with Crippen LogP contribution in [0.1, 0.15) is 16.7 Å². The second-order valence-corrected chi connectivity index (χ2v) is 5.73. The van der Waals surface area contributed by atoms with Crippen molar-refractivity contribution in [2.45, 2.75) is 6.92 Å². The Balaban J connectivity index is 0.000000269. The third kappa shape index (κ3) is 5.07. The number of benzene rings is 3. The van der Waals surface area contributed by atoms with Crippen molar-refractivity contribution in [1.29, 1.82) is 0 Å². The molecule has 0 aromatic heterocycles. The summed E-state index contributed by atoms with van der Waals surface area (Å²) < 4.78 is 0. The molecule has 0 saturated heterocycles. The first-order valence-electron chi connectivity index (χ1n) is 8.29. The summed E-state index contributed by atoms with van der Waals surface area (Å²) in [6, 6.07) is 25.7. The van der Waals surface area contributed by atoms with Crippen LogP contribution in [0.4, 0.5) is 0 Å². The molecule has 0 aliphatic heterocycles. The van der Waals surface area contributed by atoms with Gasteiger partial charge in [-0.15, -0.1) is 0 Å². The molecule has 0 saturated carbocycles. The van der Waals surface area contributed by atoms with E-state index in [0.717, 1.165) is 22.1 Å². The number of aryl methyl sites for hydroxylation is 1. The molecule has 25 heavy (non-hydrogen) atoms. The second kappa shape index (κ2) is 9.46. The van der Waals surface area contributed by atoms with Gasteiger partial charge in [0.15, 0.2) is 0 Å².